The van der Waals surface area contributed by atoms with Crippen LogP contribution in [0.5, 0.6) is 0 Å². The highest BCUT2D eigenvalue weighted by Gasteiger charge is 2.22. The summed E-state index contributed by atoms with van der Waals surface area (Å²) in [6.45, 7) is 4.62. The minimum absolute atomic E-state index is 0.0454. The molecule has 0 aliphatic rings. The van der Waals surface area contributed by atoms with Crippen molar-refractivity contribution in [2.75, 3.05) is 12.4 Å². The van der Waals surface area contributed by atoms with Crippen LogP contribution in [0.3, 0.4) is 0 Å². The zero-order chi connectivity index (χ0) is 18.9. The second-order valence-corrected chi connectivity index (χ2v) is 7.69. The van der Waals surface area contributed by atoms with Gasteiger partial charge in [-0.05, 0) is 25.8 Å². The molecular weight excluding hydrogens is 344 g/mol. The molecule has 0 saturated carbocycles. The lowest BCUT2D eigenvalue weighted by atomic mass is 10.1. The van der Waals surface area contributed by atoms with E-state index >= 15 is 0 Å². The van der Waals surface area contributed by atoms with Crippen molar-refractivity contribution in [1.29, 1.82) is 0 Å². The van der Waals surface area contributed by atoms with E-state index in [0.29, 0.717) is 6.42 Å². The predicted octanol–water partition coefficient (Wildman–Crippen LogP) is 1.52. The molecule has 1 amide bonds. The number of amides is 1. The highest BCUT2D eigenvalue weighted by atomic mass is 32.2. The van der Waals surface area contributed by atoms with Gasteiger partial charge in [0.2, 0.25) is 10.0 Å². The van der Waals surface area contributed by atoms with E-state index in [1.54, 1.807) is 0 Å². The summed E-state index contributed by atoms with van der Waals surface area (Å²) in [6, 6.07) is 8.10. The van der Waals surface area contributed by atoms with Gasteiger partial charge in [0, 0.05) is 0 Å². The largest absolute Gasteiger partial charge is 0.454 e. The number of carbonyl (C=O) groups excluding carboxylic acids is 2. The maximum absolute atomic E-state index is 11.9. The third-order valence-electron chi connectivity index (χ3n) is 3.50. The van der Waals surface area contributed by atoms with E-state index in [1.165, 1.54) is 6.92 Å². The van der Waals surface area contributed by atoms with Crippen molar-refractivity contribution in [3.8, 4) is 0 Å². The molecular formula is C17H26N2O5S. The molecule has 0 bridgehead atoms. The lowest BCUT2D eigenvalue weighted by molar-refractivity contribution is -0.149. The minimum atomic E-state index is -3.53. The van der Waals surface area contributed by atoms with E-state index in [9.17, 15) is 18.0 Å². The fraction of sp³-hybridized carbons (Fsp3) is 0.529. The summed E-state index contributed by atoms with van der Waals surface area (Å²) >= 11 is 0. The smallest absolute Gasteiger partial charge is 0.324 e. The molecule has 0 aromatic heterocycles. The monoisotopic (exact) mass is 370 g/mol. The Morgan fingerprint density at radius 2 is 1.80 bits per heavy atom. The summed E-state index contributed by atoms with van der Waals surface area (Å²) in [5.41, 5.74) is 0.930. The Kier molecular flexibility index (Phi) is 8.57. The first-order chi connectivity index (χ1) is 11.7. The quantitative estimate of drug-likeness (QED) is 0.608. The number of sulfonamides is 1. The molecule has 0 aliphatic heterocycles. The van der Waals surface area contributed by atoms with Crippen molar-refractivity contribution < 1.29 is 22.7 Å². The molecule has 1 aromatic carbocycles. The average molecular weight is 370 g/mol. The third-order valence-corrected chi connectivity index (χ3v) is 5.04. The van der Waals surface area contributed by atoms with E-state index in [0.717, 1.165) is 12.0 Å². The SMILES string of the molecule is CCCCS(=O)(=O)N[C@@H](C)C(=O)OCC(=O)N[C@@H](C)c1ccccc1. The van der Waals surface area contributed by atoms with Crippen LogP contribution in [0.4, 0.5) is 0 Å². The first kappa shape index (κ1) is 21.1. The van der Waals surface area contributed by atoms with Gasteiger partial charge >= 0.3 is 5.97 Å². The number of ether oxygens (including phenoxy) is 1. The summed E-state index contributed by atoms with van der Waals surface area (Å²) < 4.78 is 30.6. The zero-order valence-electron chi connectivity index (χ0n) is 14.8. The number of carbonyl (C=O) groups is 2. The van der Waals surface area contributed by atoms with Crippen LogP contribution in [-0.4, -0.2) is 38.7 Å². The number of esters is 1. The molecule has 2 N–H and O–H groups in total. The van der Waals surface area contributed by atoms with Crippen LogP contribution < -0.4 is 10.0 Å². The van der Waals surface area contributed by atoms with Crippen LogP contribution in [0.25, 0.3) is 0 Å². The summed E-state index contributed by atoms with van der Waals surface area (Å²) in [4.78, 5) is 23.7. The van der Waals surface area contributed by atoms with Crippen LogP contribution in [0, 0.1) is 0 Å². The Labute approximate surface area is 149 Å². The van der Waals surface area contributed by atoms with Gasteiger partial charge in [-0.15, -0.1) is 0 Å². The van der Waals surface area contributed by atoms with Crippen LogP contribution in [0.1, 0.15) is 45.2 Å². The van der Waals surface area contributed by atoms with Gasteiger partial charge in [-0.1, -0.05) is 43.7 Å². The number of hydrogen-bond acceptors (Lipinski definition) is 5. The van der Waals surface area contributed by atoms with E-state index in [2.05, 4.69) is 10.0 Å². The number of unbranched alkanes of at least 4 members (excludes halogenated alkanes) is 1. The van der Waals surface area contributed by atoms with E-state index in [-0.39, 0.29) is 11.8 Å². The molecule has 0 spiro atoms. The van der Waals surface area contributed by atoms with Gasteiger partial charge in [-0.25, -0.2) is 13.1 Å². The number of benzene rings is 1. The molecule has 1 rings (SSSR count). The van der Waals surface area contributed by atoms with Crippen LogP contribution in [-0.2, 0) is 24.3 Å². The van der Waals surface area contributed by atoms with Gasteiger partial charge in [0.25, 0.3) is 5.91 Å². The van der Waals surface area contributed by atoms with Crippen molar-refractivity contribution in [3.05, 3.63) is 35.9 Å². The average Bonchev–Trinajstić information content (AvgIpc) is 2.58. The summed E-state index contributed by atoms with van der Waals surface area (Å²) in [7, 11) is -3.53. The topological polar surface area (TPSA) is 102 Å². The summed E-state index contributed by atoms with van der Waals surface area (Å²) in [6.07, 6.45) is 1.25. The van der Waals surface area contributed by atoms with Crippen LogP contribution >= 0.6 is 0 Å². The highest BCUT2D eigenvalue weighted by Crippen LogP contribution is 2.10. The maximum atomic E-state index is 11.9. The van der Waals surface area contributed by atoms with Crippen LogP contribution in [0.2, 0.25) is 0 Å². The van der Waals surface area contributed by atoms with Crippen LogP contribution in [0.15, 0.2) is 30.3 Å². The molecule has 1 aromatic rings. The molecule has 0 aliphatic carbocycles. The van der Waals surface area contributed by atoms with E-state index in [4.69, 9.17) is 4.74 Å². The second-order valence-electron chi connectivity index (χ2n) is 5.82. The molecule has 0 saturated heterocycles. The fourth-order valence-electron chi connectivity index (χ4n) is 2.08. The fourth-order valence-corrected chi connectivity index (χ4v) is 3.50. The number of rotatable bonds is 10. The summed E-state index contributed by atoms with van der Waals surface area (Å²) in [5.74, 6) is -1.29. The molecule has 0 fully saturated rings. The van der Waals surface area contributed by atoms with Crippen molar-refractivity contribution in [3.63, 3.8) is 0 Å². The first-order valence-corrected chi connectivity index (χ1v) is 9.91. The van der Waals surface area contributed by atoms with Gasteiger partial charge in [0.15, 0.2) is 6.61 Å². The maximum Gasteiger partial charge on any atom is 0.324 e. The van der Waals surface area contributed by atoms with Crippen molar-refractivity contribution in [2.45, 2.75) is 45.7 Å². The Bertz CT molecular complexity index is 661. The predicted molar refractivity (Wildman–Crippen MR) is 95.3 cm³/mol. The number of nitrogens with one attached hydrogen (secondary N) is 2. The molecule has 2 atom stereocenters. The Morgan fingerprint density at radius 3 is 2.40 bits per heavy atom. The van der Waals surface area contributed by atoms with Gasteiger partial charge in [-0.3, -0.25) is 9.59 Å². The Hall–Kier alpha value is -1.93. The molecule has 8 heteroatoms. The molecule has 140 valence electrons. The lowest BCUT2D eigenvalue weighted by Crippen LogP contribution is -2.42. The zero-order valence-corrected chi connectivity index (χ0v) is 15.6. The molecule has 0 radical (unpaired) electrons. The number of hydrogen-bond donors (Lipinski definition) is 2. The molecule has 7 nitrogen and oxygen atoms in total. The lowest BCUT2D eigenvalue weighted by Gasteiger charge is -2.16. The normalized spacial score (nSPS) is 13.7. The van der Waals surface area contributed by atoms with Gasteiger partial charge in [0.1, 0.15) is 6.04 Å². The van der Waals surface area contributed by atoms with Gasteiger partial charge in [-0.2, -0.15) is 0 Å². The van der Waals surface area contributed by atoms with Crippen molar-refractivity contribution in [1.82, 2.24) is 10.0 Å². The van der Waals surface area contributed by atoms with E-state index < -0.39 is 34.5 Å². The standard InChI is InChI=1S/C17H26N2O5S/c1-4-5-11-25(22,23)19-14(3)17(21)24-12-16(20)18-13(2)15-9-7-6-8-10-15/h6-10,13-14,19H,4-5,11-12H2,1-3H3,(H,18,20)/t13-,14-/m0/s1. The Balaban J connectivity index is 2.41. The summed E-state index contributed by atoms with van der Waals surface area (Å²) in [5, 5.41) is 2.71. The molecule has 0 heterocycles. The third kappa shape index (κ3) is 8.13. The minimum Gasteiger partial charge on any atom is -0.454 e. The van der Waals surface area contributed by atoms with Crippen molar-refractivity contribution in [2.24, 2.45) is 0 Å². The molecule has 25 heavy (non-hydrogen) atoms. The second kappa shape index (κ2) is 10.1. The van der Waals surface area contributed by atoms with E-state index in [1.807, 2.05) is 44.2 Å². The van der Waals surface area contributed by atoms with Crippen molar-refractivity contribution >= 4 is 21.9 Å². The van der Waals surface area contributed by atoms with Gasteiger partial charge in [0.05, 0.1) is 11.8 Å². The van der Waals surface area contributed by atoms with Gasteiger partial charge < -0.3 is 10.1 Å². The first-order valence-electron chi connectivity index (χ1n) is 8.26. The molecule has 0 unspecified atom stereocenters. The highest BCUT2D eigenvalue weighted by molar-refractivity contribution is 7.89. The Morgan fingerprint density at radius 1 is 1.16 bits per heavy atom.